The van der Waals surface area contributed by atoms with Gasteiger partial charge in [0.15, 0.2) is 23.2 Å². The van der Waals surface area contributed by atoms with E-state index in [1.165, 1.54) is 42.1 Å². The maximum atomic E-state index is 11.9. The highest BCUT2D eigenvalue weighted by atomic mass is 32.2. The number of aromatic nitrogens is 4. The van der Waals surface area contributed by atoms with Gasteiger partial charge < -0.3 is 50.3 Å². The Hall–Kier alpha value is -1.58. The molecule has 4 heterocycles. The Kier molecular flexibility index (Phi) is 11.8. The molecule has 0 bridgehead atoms. The molecule has 0 amide bonds. The number of nitrogens with zero attached hydrogens (tertiary/aromatic N) is 4. The molecule has 2 aliphatic heterocycles. The molecule has 0 radical (unpaired) electrons. The minimum absolute atomic E-state index is 0.0252. The van der Waals surface area contributed by atoms with E-state index in [0.717, 1.165) is 0 Å². The fourth-order valence-electron chi connectivity index (χ4n) is 3.09. The van der Waals surface area contributed by atoms with Gasteiger partial charge in [0.05, 0.1) is 25.2 Å². The Labute approximate surface area is 234 Å². The van der Waals surface area contributed by atoms with E-state index in [0.29, 0.717) is 11.6 Å². The number of anilines is 1. The summed E-state index contributed by atoms with van der Waals surface area (Å²) in [6.45, 7) is 1.51. The quantitative estimate of drug-likeness (QED) is 0.0502. The molecule has 25 heteroatoms. The number of hydrogen-bond acceptors (Lipinski definition) is 16. The van der Waals surface area contributed by atoms with Crippen LogP contribution in [0.25, 0.3) is 11.2 Å². The number of aliphatic carboxylic acids is 1. The maximum Gasteiger partial charge on any atom is 0.490 e. The lowest BCUT2D eigenvalue weighted by atomic mass is 10.1. The topological polar surface area (TPSA) is 324 Å². The van der Waals surface area contributed by atoms with Gasteiger partial charge in [0.1, 0.15) is 24.6 Å². The number of fused-ring (bicyclic) bond motifs is 1. The second-order valence-electron chi connectivity index (χ2n) is 8.10. The molecule has 4 rings (SSSR count). The normalized spacial score (nSPS) is 25.1. The van der Waals surface area contributed by atoms with Crippen molar-refractivity contribution >= 4 is 58.2 Å². The predicted octanol–water partition coefficient (Wildman–Crippen LogP) is -1.04. The summed E-state index contributed by atoms with van der Waals surface area (Å²) < 4.78 is 52.4. The number of aliphatic hydroxyl groups excluding tert-OH is 2. The van der Waals surface area contributed by atoms with Crippen LogP contribution >= 0.6 is 35.2 Å². The molecule has 2 saturated heterocycles. The summed E-state index contributed by atoms with van der Waals surface area (Å²) in [5.41, 5.74) is 0.399. The molecule has 0 aromatic carbocycles. The zero-order chi connectivity index (χ0) is 30.4. The van der Waals surface area contributed by atoms with Gasteiger partial charge in [-0.15, -0.1) is 11.8 Å². The Bertz CT molecular complexity index is 1340. The van der Waals surface area contributed by atoms with Crippen molar-refractivity contribution in [3.05, 3.63) is 12.7 Å². The number of rotatable bonds is 14. The van der Waals surface area contributed by atoms with Crippen molar-refractivity contribution in [3.63, 3.8) is 0 Å². The van der Waals surface area contributed by atoms with Crippen LogP contribution in [0, 0.1) is 0 Å². The van der Waals surface area contributed by atoms with Gasteiger partial charge in [0.25, 0.3) is 0 Å². The lowest BCUT2D eigenvalue weighted by Gasteiger charge is -2.19. The summed E-state index contributed by atoms with van der Waals surface area (Å²) in [5, 5.41) is 35.4. The van der Waals surface area contributed by atoms with E-state index in [9.17, 15) is 38.5 Å². The molecular formula is C16H27N6O15P3S. The molecule has 6 atom stereocenters. The minimum atomic E-state index is -5.74. The number of hydrogen-bond donors (Lipinski definition) is 9. The number of thioether (sulfide) groups is 1. The number of phosphoric acid groups is 3. The van der Waals surface area contributed by atoms with Gasteiger partial charge in [-0.05, 0) is 0 Å². The standard InChI is InChI=1S/C14H22N5O15P3S.C2H5N/c20-8(21)1-2-38-6-18-12-9-13(16-4-15-12)19(5-17-9)14-11(23)10(22)7(32-14)3-31-36(27,28)34-37(29,30)33-35(24,25)26;1-2-3-1/h4-5,7,10-11,14,22-23H,1-3,6H2,(H,20,21)(H,27,28)(H,29,30)(H,15,16,18)(H2,24,25,26);3H,1-2H2. The molecule has 21 nitrogen and oxygen atoms in total. The average molecular weight is 668 g/mol. The van der Waals surface area contributed by atoms with E-state index in [-0.39, 0.29) is 23.4 Å². The minimum Gasteiger partial charge on any atom is -0.481 e. The maximum absolute atomic E-state index is 11.9. The summed E-state index contributed by atoms with van der Waals surface area (Å²) in [4.78, 5) is 58.8. The first-order valence-electron chi connectivity index (χ1n) is 11.3. The number of nitrogens with one attached hydrogen (secondary N) is 2. The lowest BCUT2D eigenvalue weighted by molar-refractivity contribution is -0.136. The second kappa shape index (κ2) is 14.3. The van der Waals surface area contributed by atoms with Gasteiger partial charge in [-0.2, -0.15) is 8.62 Å². The molecular weight excluding hydrogens is 641 g/mol. The molecule has 0 spiro atoms. The highest BCUT2D eigenvalue weighted by Gasteiger charge is 2.47. The summed E-state index contributed by atoms with van der Waals surface area (Å²) in [7, 11) is -16.8. The monoisotopic (exact) mass is 668 g/mol. The van der Waals surface area contributed by atoms with Crippen molar-refractivity contribution in [2.75, 3.05) is 36.6 Å². The van der Waals surface area contributed by atoms with Crippen LogP contribution in [0.3, 0.4) is 0 Å². The Morgan fingerprint density at radius 2 is 1.78 bits per heavy atom. The van der Waals surface area contributed by atoms with E-state index in [4.69, 9.17) is 19.6 Å². The van der Waals surface area contributed by atoms with Crippen LogP contribution in [0.1, 0.15) is 12.6 Å². The molecule has 9 N–H and O–H groups in total. The highest BCUT2D eigenvalue weighted by molar-refractivity contribution is 7.99. The third-order valence-electron chi connectivity index (χ3n) is 4.84. The summed E-state index contributed by atoms with van der Waals surface area (Å²) in [5.74, 6) is 0.00960. The zero-order valence-corrected chi connectivity index (χ0v) is 24.1. The third-order valence-corrected chi connectivity index (χ3v) is 9.48. The zero-order valence-electron chi connectivity index (χ0n) is 20.6. The second-order valence-corrected chi connectivity index (χ2v) is 13.6. The number of carbonyl (C=O) groups is 1. The molecule has 2 aliphatic rings. The number of aliphatic hydroxyl groups is 2. The van der Waals surface area contributed by atoms with E-state index < -0.39 is 60.6 Å². The summed E-state index contributed by atoms with van der Waals surface area (Å²) in [6, 6.07) is 0. The Morgan fingerprint density at radius 1 is 1.10 bits per heavy atom. The molecule has 0 saturated carbocycles. The largest absolute Gasteiger partial charge is 0.490 e. The molecule has 2 aromatic heterocycles. The van der Waals surface area contributed by atoms with Gasteiger partial charge in [0, 0.05) is 18.8 Å². The molecule has 2 fully saturated rings. The number of carboxylic acids is 1. The fourth-order valence-corrected chi connectivity index (χ4v) is 6.82. The summed E-state index contributed by atoms with van der Waals surface area (Å²) >= 11 is 1.30. The molecule has 6 unspecified atom stereocenters. The van der Waals surface area contributed by atoms with E-state index in [1.807, 2.05) is 0 Å². The molecule has 2 aromatic rings. The van der Waals surface area contributed by atoms with E-state index >= 15 is 0 Å². The Morgan fingerprint density at radius 3 is 2.39 bits per heavy atom. The smallest absolute Gasteiger partial charge is 0.481 e. The van der Waals surface area contributed by atoms with Gasteiger partial charge in [-0.3, -0.25) is 13.9 Å². The van der Waals surface area contributed by atoms with Crippen molar-refractivity contribution in [3.8, 4) is 0 Å². The van der Waals surface area contributed by atoms with Gasteiger partial charge in [-0.1, -0.05) is 0 Å². The highest BCUT2D eigenvalue weighted by Crippen LogP contribution is 2.66. The van der Waals surface area contributed by atoms with Crippen molar-refractivity contribution in [1.82, 2.24) is 24.8 Å². The van der Waals surface area contributed by atoms with E-state index in [2.05, 4.69) is 38.7 Å². The van der Waals surface area contributed by atoms with Crippen LogP contribution in [0.15, 0.2) is 12.7 Å². The first kappa shape index (κ1) is 33.9. The van der Waals surface area contributed by atoms with Crippen molar-refractivity contribution < 1.29 is 71.3 Å². The van der Waals surface area contributed by atoms with Crippen LogP contribution in [-0.4, -0.2) is 110 Å². The molecule has 41 heavy (non-hydrogen) atoms. The van der Waals surface area contributed by atoms with Gasteiger partial charge >= 0.3 is 29.4 Å². The Balaban J connectivity index is 0.00000144. The number of carboxylic acid groups (broad SMARTS) is 1. The van der Waals surface area contributed by atoms with Gasteiger partial charge in [0.2, 0.25) is 0 Å². The molecule has 232 valence electrons. The van der Waals surface area contributed by atoms with Crippen molar-refractivity contribution in [2.24, 2.45) is 0 Å². The predicted molar refractivity (Wildman–Crippen MR) is 137 cm³/mol. The van der Waals surface area contributed by atoms with Crippen LogP contribution < -0.4 is 10.6 Å². The van der Waals surface area contributed by atoms with Crippen LogP contribution in [-0.2, 0) is 36.4 Å². The van der Waals surface area contributed by atoms with Crippen LogP contribution in [0.5, 0.6) is 0 Å². The fraction of sp³-hybridized carbons (Fsp3) is 0.625. The number of imidazole rings is 1. The number of ether oxygens (including phenoxy) is 1. The first-order chi connectivity index (χ1) is 19.1. The SMILES string of the molecule is C1CN1.O=C(O)CCSCNc1ncnc2c1ncn2C1OC(COP(=O)(O)OP(=O)(O)OP(=O)(O)O)C(O)C1O. The third kappa shape index (κ3) is 10.9. The molecule has 0 aliphatic carbocycles. The van der Waals surface area contributed by atoms with Crippen molar-refractivity contribution in [1.29, 1.82) is 0 Å². The van der Waals surface area contributed by atoms with E-state index in [1.54, 1.807) is 0 Å². The van der Waals surface area contributed by atoms with Crippen LogP contribution in [0.2, 0.25) is 0 Å². The van der Waals surface area contributed by atoms with Crippen LogP contribution in [0.4, 0.5) is 5.82 Å². The average Bonchev–Trinajstić information content (AvgIpc) is 3.62. The van der Waals surface area contributed by atoms with Gasteiger partial charge in [-0.25, -0.2) is 28.6 Å². The lowest BCUT2D eigenvalue weighted by Crippen LogP contribution is -2.33. The first-order valence-corrected chi connectivity index (χ1v) is 17.0. The number of phosphoric ester groups is 1. The summed E-state index contributed by atoms with van der Waals surface area (Å²) in [6.07, 6.45) is -3.82. The van der Waals surface area contributed by atoms with Crippen molar-refractivity contribution in [2.45, 2.75) is 31.0 Å².